The van der Waals surface area contributed by atoms with Gasteiger partial charge >= 0.3 is 0 Å². The van der Waals surface area contributed by atoms with Crippen LogP contribution < -0.4 is 5.32 Å². The van der Waals surface area contributed by atoms with Crippen molar-refractivity contribution >= 4 is 11.8 Å². The molecular weight excluding hydrogens is 238 g/mol. The maximum atomic E-state index is 3.63. The lowest BCUT2D eigenvalue weighted by atomic mass is 10.1. The van der Waals surface area contributed by atoms with Crippen LogP contribution in [0, 0.1) is 0 Å². The molecule has 1 heterocycles. The molecule has 1 unspecified atom stereocenters. The Morgan fingerprint density at radius 1 is 1.22 bits per heavy atom. The minimum atomic E-state index is 0.513. The van der Waals surface area contributed by atoms with Gasteiger partial charge in [0.25, 0.3) is 0 Å². The Morgan fingerprint density at radius 3 is 2.78 bits per heavy atom. The summed E-state index contributed by atoms with van der Waals surface area (Å²) in [6, 6.07) is 10.8. The fourth-order valence-electron chi connectivity index (χ4n) is 2.55. The molecule has 1 aliphatic heterocycles. The van der Waals surface area contributed by atoms with Crippen molar-refractivity contribution in [3.05, 3.63) is 35.9 Å². The first-order valence-corrected chi connectivity index (χ1v) is 8.16. The molecule has 1 nitrogen and oxygen atoms in total. The van der Waals surface area contributed by atoms with Crippen molar-refractivity contribution in [3.8, 4) is 0 Å². The fourth-order valence-corrected chi connectivity index (χ4v) is 3.83. The minimum Gasteiger partial charge on any atom is -0.315 e. The minimum absolute atomic E-state index is 0.513. The van der Waals surface area contributed by atoms with E-state index in [0.717, 1.165) is 0 Å². The monoisotopic (exact) mass is 263 g/mol. The molecule has 0 radical (unpaired) electrons. The zero-order chi connectivity index (χ0) is 12.7. The quantitative estimate of drug-likeness (QED) is 0.749. The Bertz CT molecular complexity index is 330. The highest BCUT2D eigenvalue weighted by Crippen LogP contribution is 2.36. The zero-order valence-corrected chi connectivity index (χ0v) is 12.3. The third kappa shape index (κ3) is 4.66. The van der Waals surface area contributed by atoms with Crippen LogP contribution in [-0.2, 0) is 6.42 Å². The highest BCUT2D eigenvalue weighted by Gasteiger charge is 2.28. The first-order chi connectivity index (χ1) is 8.79. The van der Waals surface area contributed by atoms with E-state index in [0.29, 0.717) is 4.75 Å². The molecule has 1 aromatic rings. The van der Waals surface area contributed by atoms with Crippen molar-refractivity contribution in [2.24, 2.45) is 0 Å². The van der Waals surface area contributed by atoms with Gasteiger partial charge in [-0.15, -0.1) is 0 Å². The highest BCUT2D eigenvalue weighted by atomic mass is 32.2. The number of benzene rings is 1. The van der Waals surface area contributed by atoms with Crippen LogP contribution in [0.25, 0.3) is 0 Å². The van der Waals surface area contributed by atoms with E-state index in [4.69, 9.17) is 0 Å². The topological polar surface area (TPSA) is 12.0 Å². The summed E-state index contributed by atoms with van der Waals surface area (Å²) >= 11 is 2.14. The second kappa shape index (κ2) is 7.20. The number of thioether (sulfide) groups is 1. The molecule has 1 aliphatic rings. The Morgan fingerprint density at radius 2 is 2.06 bits per heavy atom. The molecule has 0 amide bonds. The van der Waals surface area contributed by atoms with Crippen molar-refractivity contribution in [1.82, 2.24) is 5.32 Å². The first-order valence-electron chi connectivity index (χ1n) is 7.17. The van der Waals surface area contributed by atoms with Crippen LogP contribution in [0.15, 0.2) is 30.3 Å². The van der Waals surface area contributed by atoms with E-state index in [2.05, 4.69) is 54.3 Å². The van der Waals surface area contributed by atoms with Gasteiger partial charge in [0.05, 0.1) is 0 Å². The Balaban J connectivity index is 1.51. The lowest BCUT2D eigenvalue weighted by molar-refractivity contribution is 0.524. The average molecular weight is 263 g/mol. The van der Waals surface area contributed by atoms with E-state index in [-0.39, 0.29) is 0 Å². The number of aryl methyl sites for hydroxylation is 1. The summed E-state index contributed by atoms with van der Waals surface area (Å²) in [5.74, 6) is 1.35. The molecule has 2 heteroatoms. The van der Waals surface area contributed by atoms with Crippen LogP contribution in [0.1, 0.15) is 38.2 Å². The summed E-state index contributed by atoms with van der Waals surface area (Å²) in [5, 5.41) is 3.63. The lowest BCUT2D eigenvalue weighted by Gasteiger charge is -2.22. The third-order valence-electron chi connectivity index (χ3n) is 3.71. The number of hydrogen-bond acceptors (Lipinski definition) is 2. The average Bonchev–Trinajstić information content (AvgIpc) is 2.82. The number of nitrogens with one attached hydrogen (secondary N) is 1. The van der Waals surface area contributed by atoms with E-state index < -0.39 is 0 Å². The van der Waals surface area contributed by atoms with Gasteiger partial charge in [-0.3, -0.25) is 0 Å². The summed E-state index contributed by atoms with van der Waals surface area (Å²) in [7, 11) is 0. The van der Waals surface area contributed by atoms with Crippen LogP contribution in [0.2, 0.25) is 0 Å². The van der Waals surface area contributed by atoms with E-state index >= 15 is 0 Å². The largest absolute Gasteiger partial charge is 0.315 e. The van der Waals surface area contributed by atoms with Gasteiger partial charge in [-0.05, 0) is 56.9 Å². The normalized spacial score (nSPS) is 23.4. The summed E-state index contributed by atoms with van der Waals surface area (Å²) in [4.78, 5) is 0. The standard InChI is InChI=1S/C16H25NS/c1-16(11-7-13-18-16)14-17-12-6-5-10-15-8-3-2-4-9-15/h2-4,8-9,17H,5-7,10-14H2,1H3. The maximum absolute atomic E-state index is 3.63. The van der Waals surface area contributed by atoms with Crippen molar-refractivity contribution in [1.29, 1.82) is 0 Å². The van der Waals surface area contributed by atoms with Crippen LogP contribution in [0.4, 0.5) is 0 Å². The summed E-state index contributed by atoms with van der Waals surface area (Å²) in [6.07, 6.45) is 6.58. The van der Waals surface area contributed by atoms with E-state index in [9.17, 15) is 0 Å². The van der Waals surface area contributed by atoms with Crippen LogP contribution in [0.5, 0.6) is 0 Å². The van der Waals surface area contributed by atoms with Crippen LogP contribution in [0.3, 0.4) is 0 Å². The molecule has 0 spiro atoms. The molecule has 1 aromatic carbocycles. The van der Waals surface area contributed by atoms with Crippen LogP contribution >= 0.6 is 11.8 Å². The van der Waals surface area contributed by atoms with Gasteiger partial charge < -0.3 is 5.32 Å². The molecule has 1 saturated heterocycles. The van der Waals surface area contributed by atoms with Crippen molar-refractivity contribution < 1.29 is 0 Å². The van der Waals surface area contributed by atoms with Gasteiger partial charge in [0, 0.05) is 11.3 Å². The van der Waals surface area contributed by atoms with Gasteiger partial charge in [-0.25, -0.2) is 0 Å². The second-order valence-corrected chi connectivity index (χ2v) is 7.20. The predicted molar refractivity (Wildman–Crippen MR) is 82.3 cm³/mol. The molecule has 100 valence electrons. The third-order valence-corrected chi connectivity index (χ3v) is 5.25. The SMILES string of the molecule is CC1(CNCCCCc2ccccc2)CCCS1. The predicted octanol–water partition coefficient (Wildman–Crippen LogP) is 3.88. The summed E-state index contributed by atoms with van der Waals surface area (Å²) in [5.41, 5.74) is 1.47. The first kappa shape index (κ1) is 14.0. The van der Waals surface area contributed by atoms with E-state index in [1.165, 1.54) is 56.5 Å². The van der Waals surface area contributed by atoms with Gasteiger partial charge in [-0.1, -0.05) is 30.3 Å². The van der Waals surface area contributed by atoms with E-state index in [1.807, 2.05) is 0 Å². The van der Waals surface area contributed by atoms with Gasteiger partial charge in [-0.2, -0.15) is 11.8 Å². The van der Waals surface area contributed by atoms with Crippen molar-refractivity contribution in [3.63, 3.8) is 0 Å². The fraction of sp³-hybridized carbons (Fsp3) is 0.625. The molecule has 0 aliphatic carbocycles. The molecule has 2 rings (SSSR count). The highest BCUT2D eigenvalue weighted by molar-refractivity contribution is 8.00. The van der Waals surface area contributed by atoms with Crippen LogP contribution in [-0.4, -0.2) is 23.6 Å². The van der Waals surface area contributed by atoms with Gasteiger partial charge in [0.15, 0.2) is 0 Å². The Kier molecular flexibility index (Phi) is 5.58. The Hall–Kier alpha value is -0.470. The zero-order valence-electron chi connectivity index (χ0n) is 11.5. The van der Waals surface area contributed by atoms with E-state index in [1.54, 1.807) is 0 Å². The molecule has 18 heavy (non-hydrogen) atoms. The number of rotatable bonds is 7. The van der Waals surface area contributed by atoms with Gasteiger partial charge in [0.2, 0.25) is 0 Å². The number of unbranched alkanes of at least 4 members (excludes halogenated alkanes) is 1. The lowest BCUT2D eigenvalue weighted by Crippen LogP contribution is -2.33. The molecule has 1 N–H and O–H groups in total. The number of hydrogen-bond donors (Lipinski definition) is 1. The Labute approximate surface area is 116 Å². The smallest absolute Gasteiger partial charge is 0.0256 e. The molecule has 0 bridgehead atoms. The molecular formula is C16H25NS. The van der Waals surface area contributed by atoms with Gasteiger partial charge in [0.1, 0.15) is 0 Å². The second-order valence-electron chi connectivity index (χ2n) is 5.52. The maximum Gasteiger partial charge on any atom is 0.0256 e. The molecule has 0 saturated carbocycles. The molecule has 0 aromatic heterocycles. The molecule has 1 fully saturated rings. The summed E-state index contributed by atoms with van der Waals surface area (Å²) in [6.45, 7) is 4.76. The van der Waals surface area contributed by atoms with Crippen molar-refractivity contribution in [2.75, 3.05) is 18.8 Å². The molecule has 1 atom stereocenters. The summed E-state index contributed by atoms with van der Waals surface area (Å²) < 4.78 is 0.513. The van der Waals surface area contributed by atoms with Crippen molar-refractivity contribution in [2.45, 2.75) is 43.8 Å².